The lowest BCUT2D eigenvalue weighted by atomic mass is 9.79. The molecule has 1 aromatic rings. The van der Waals surface area contributed by atoms with E-state index in [1.54, 1.807) is 13.0 Å². The van der Waals surface area contributed by atoms with Crippen LogP contribution in [-0.4, -0.2) is 23.7 Å². The van der Waals surface area contributed by atoms with Crippen LogP contribution in [0.4, 0.5) is 0 Å². The molecule has 0 amide bonds. The summed E-state index contributed by atoms with van der Waals surface area (Å²) in [5.74, 6) is -0.0575. The van der Waals surface area contributed by atoms with Crippen molar-refractivity contribution in [2.75, 3.05) is 6.61 Å². The Bertz CT molecular complexity index is 677. The summed E-state index contributed by atoms with van der Waals surface area (Å²) in [4.78, 5) is 22.8. The predicted octanol–water partition coefficient (Wildman–Crippen LogP) is 4.96. The maximum absolute atomic E-state index is 11.4. The number of carbonyl (C=O) groups excluding carboxylic acids is 1. The highest BCUT2D eigenvalue weighted by atomic mass is 16.5. The van der Waals surface area contributed by atoms with Crippen molar-refractivity contribution in [1.29, 1.82) is 0 Å². The third-order valence-electron chi connectivity index (χ3n) is 4.99. The summed E-state index contributed by atoms with van der Waals surface area (Å²) in [7, 11) is 0. The van der Waals surface area contributed by atoms with Gasteiger partial charge in [-0.2, -0.15) is 0 Å². The normalized spacial score (nSPS) is 20.5. The molecule has 0 heterocycles. The molecule has 1 fully saturated rings. The molecule has 1 aromatic carbocycles. The topological polar surface area (TPSA) is 63.6 Å². The van der Waals surface area contributed by atoms with Crippen molar-refractivity contribution in [3.05, 3.63) is 53.1 Å². The van der Waals surface area contributed by atoms with Crippen LogP contribution < -0.4 is 0 Å². The highest BCUT2D eigenvalue weighted by Crippen LogP contribution is 2.35. The van der Waals surface area contributed by atoms with Crippen molar-refractivity contribution >= 4 is 18.0 Å². The van der Waals surface area contributed by atoms with Gasteiger partial charge in [0, 0.05) is 17.6 Å². The van der Waals surface area contributed by atoms with Crippen LogP contribution in [0.3, 0.4) is 0 Å². The van der Waals surface area contributed by atoms with Gasteiger partial charge >= 0.3 is 11.9 Å². The van der Waals surface area contributed by atoms with Gasteiger partial charge in [0.25, 0.3) is 0 Å². The first-order valence-corrected chi connectivity index (χ1v) is 9.23. The van der Waals surface area contributed by atoms with Crippen LogP contribution in [0.25, 0.3) is 6.08 Å². The number of esters is 1. The lowest BCUT2D eigenvalue weighted by molar-refractivity contribution is -0.139. The smallest absolute Gasteiger partial charge is 0.333 e. The molecular weight excluding hydrogens is 328 g/mol. The summed E-state index contributed by atoms with van der Waals surface area (Å²) < 4.78 is 4.99. The Labute approximate surface area is 155 Å². The van der Waals surface area contributed by atoms with Gasteiger partial charge in [0.1, 0.15) is 0 Å². The van der Waals surface area contributed by atoms with E-state index in [1.165, 1.54) is 31.2 Å². The van der Waals surface area contributed by atoms with Gasteiger partial charge in [-0.1, -0.05) is 50.6 Å². The molecule has 140 valence electrons. The summed E-state index contributed by atoms with van der Waals surface area (Å²) >= 11 is 0. The van der Waals surface area contributed by atoms with Crippen LogP contribution in [0.2, 0.25) is 0 Å². The van der Waals surface area contributed by atoms with Crippen molar-refractivity contribution in [3.63, 3.8) is 0 Å². The molecule has 2 rings (SSSR count). The third kappa shape index (κ3) is 5.87. The molecule has 0 unspecified atom stereocenters. The second-order valence-electron chi connectivity index (χ2n) is 7.26. The van der Waals surface area contributed by atoms with E-state index in [9.17, 15) is 14.7 Å². The van der Waals surface area contributed by atoms with Crippen LogP contribution in [-0.2, 0) is 14.3 Å². The standard InChI is InChI=1S/C22H28O4/c1-15(2)22(25)26-13-12-20(21(23)24)14-17-6-10-19(11-7-17)18-8-4-16(3)5-9-18/h6-7,10-11,14,16,18H,1,4-5,8-9,12-13H2,2-3H3,(H,23,24). The quantitative estimate of drug-likeness (QED) is 0.554. The molecule has 0 aliphatic heterocycles. The molecule has 0 bridgehead atoms. The number of carboxylic acids is 1. The lowest BCUT2D eigenvalue weighted by Crippen LogP contribution is -2.10. The number of carboxylic acid groups (broad SMARTS) is 1. The molecule has 0 spiro atoms. The first kappa shape index (κ1) is 20.0. The van der Waals surface area contributed by atoms with E-state index in [2.05, 4.69) is 25.6 Å². The van der Waals surface area contributed by atoms with Gasteiger partial charge in [0.2, 0.25) is 0 Å². The zero-order valence-electron chi connectivity index (χ0n) is 15.7. The molecule has 1 aliphatic carbocycles. The Hall–Kier alpha value is -2.36. The molecule has 0 aromatic heterocycles. The Balaban J connectivity index is 1.99. The zero-order valence-corrected chi connectivity index (χ0v) is 15.7. The fourth-order valence-electron chi connectivity index (χ4n) is 3.28. The Morgan fingerprint density at radius 2 is 1.81 bits per heavy atom. The number of hydrogen-bond donors (Lipinski definition) is 1. The lowest BCUT2D eigenvalue weighted by Gasteiger charge is -2.26. The Morgan fingerprint density at radius 1 is 1.19 bits per heavy atom. The Kier molecular flexibility index (Phi) is 7.19. The van der Waals surface area contributed by atoms with Crippen molar-refractivity contribution in [2.45, 2.75) is 51.9 Å². The number of carbonyl (C=O) groups is 2. The average molecular weight is 356 g/mol. The number of ether oxygens (including phenoxy) is 1. The first-order valence-electron chi connectivity index (χ1n) is 9.23. The van der Waals surface area contributed by atoms with Gasteiger partial charge < -0.3 is 9.84 Å². The predicted molar refractivity (Wildman–Crippen MR) is 103 cm³/mol. The van der Waals surface area contributed by atoms with E-state index in [1.807, 2.05) is 12.1 Å². The maximum atomic E-state index is 11.4. The monoisotopic (exact) mass is 356 g/mol. The molecule has 1 N–H and O–H groups in total. The highest BCUT2D eigenvalue weighted by molar-refractivity contribution is 5.92. The van der Waals surface area contributed by atoms with Crippen LogP contribution in [0.5, 0.6) is 0 Å². The van der Waals surface area contributed by atoms with E-state index >= 15 is 0 Å². The number of hydrogen-bond acceptors (Lipinski definition) is 3. The number of rotatable bonds is 7. The minimum Gasteiger partial charge on any atom is -0.478 e. The molecule has 26 heavy (non-hydrogen) atoms. The zero-order chi connectivity index (χ0) is 19.1. The Morgan fingerprint density at radius 3 is 2.35 bits per heavy atom. The van der Waals surface area contributed by atoms with Gasteiger partial charge in [0.15, 0.2) is 0 Å². The first-order chi connectivity index (χ1) is 12.4. The van der Waals surface area contributed by atoms with Gasteiger partial charge in [-0.3, -0.25) is 0 Å². The van der Waals surface area contributed by atoms with Gasteiger partial charge in [-0.15, -0.1) is 0 Å². The second-order valence-corrected chi connectivity index (χ2v) is 7.26. The average Bonchev–Trinajstić information content (AvgIpc) is 2.61. The fraction of sp³-hybridized carbons (Fsp3) is 0.455. The number of aliphatic carboxylic acids is 1. The summed E-state index contributed by atoms with van der Waals surface area (Å²) in [6, 6.07) is 8.15. The fourth-order valence-corrected chi connectivity index (χ4v) is 3.28. The molecule has 4 nitrogen and oxygen atoms in total. The van der Waals surface area contributed by atoms with Gasteiger partial charge in [0.05, 0.1) is 6.61 Å². The molecule has 0 atom stereocenters. The second kappa shape index (κ2) is 9.37. The van der Waals surface area contributed by atoms with E-state index in [0.29, 0.717) is 11.5 Å². The molecule has 1 aliphatic rings. The minimum atomic E-state index is -0.998. The molecule has 0 saturated heterocycles. The molecule has 4 heteroatoms. The highest BCUT2D eigenvalue weighted by Gasteiger charge is 2.19. The van der Waals surface area contributed by atoms with Gasteiger partial charge in [-0.25, -0.2) is 9.59 Å². The van der Waals surface area contributed by atoms with Crippen molar-refractivity contribution in [3.8, 4) is 0 Å². The van der Waals surface area contributed by atoms with Crippen LogP contribution in [0, 0.1) is 5.92 Å². The van der Waals surface area contributed by atoms with Crippen molar-refractivity contribution in [2.24, 2.45) is 5.92 Å². The van der Waals surface area contributed by atoms with E-state index in [4.69, 9.17) is 4.74 Å². The summed E-state index contributed by atoms with van der Waals surface area (Å²) in [5, 5.41) is 9.37. The van der Waals surface area contributed by atoms with Crippen LogP contribution in [0.15, 0.2) is 42.0 Å². The SMILES string of the molecule is C=C(C)C(=O)OCCC(=Cc1ccc(C2CCC(C)CC2)cc1)C(=O)O. The van der Waals surface area contributed by atoms with E-state index in [0.717, 1.165) is 11.5 Å². The van der Waals surface area contributed by atoms with Crippen LogP contribution >= 0.6 is 0 Å². The third-order valence-corrected chi connectivity index (χ3v) is 4.99. The van der Waals surface area contributed by atoms with Crippen molar-refractivity contribution in [1.82, 2.24) is 0 Å². The van der Waals surface area contributed by atoms with Crippen molar-refractivity contribution < 1.29 is 19.4 Å². The largest absolute Gasteiger partial charge is 0.478 e. The molecule has 1 saturated carbocycles. The summed E-state index contributed by atoms with van der Waals surface area (Å²) in [6.07, 6.45) is 6.81. The molecular formula is C22H28O4. The summed E-state index contributed by atoms with van der Waals surface area (Å²) in [6.45, 7) is 7.40. The van der Waals surface area contributed by atoms with Gasteiger partial charge in [-0.05, 0) is 48.8 Å². The summed E-state index contributed by atoms with van der Waals surface area (Å²) in [5.41, 5.74) is 2.71. The minimum absolute atomic E-state index is 0.0299. The van der Waals surface area contributed by atoms with Crippen LogP contribution in [0.1, 0.15) is 63.0 Å². The maximum Gasteiger partial charge on any atom is 0.333 e. The van der Waals surface area contributed by atoms with E-state index < -0.39 is 11.9 Å². The number of benzene rings is 1. The molecule has 0 radical (unpaired) electrons. The van der Waals surface area contributed by atoms with E-state index in [-0.39, 0.29) is 18.6 Å².